The molecule has 0 saturated carbocycles. The molecule has 11 nitrogen and oxygen atoms in total. The summed E-state index contributed by atoms with van der Waals surface area (Å²) in [4.78, 5) is 36.8. The number of H-pyrrole nitrogens is 1. The SMILES string of the molecule is CC(C)(I)C(=O)SCCO[P+](=O)OC[C@@]1(F)O[C@@H](n2ccc(=O)[nH]c2=O)[C@](C)(O)[C@@H]1O. The van der Waals surface area contributed by atoms with E-state index in [1.807, 2.05) is 27.6 Å². The number of aliphatic hydroxyl groups excluding tert-OH is 1. The first-order chi connectivity index (χ1) is 14.2. The summed E-state index contributed by atoms with van der Waals surface area (Å²) in [5.74, 6) is -2.84. The zero-order chi connectivity index (χ0) is 23.6. The summed E-state index contributed by atoms with van der Waals surface area (Å²) in [5, 5.41) is 20.6. The van der Waals surface area contributed by atoms with Gasteiger partial charge in [0.15, 0.2) is 12.8 Å². The summed E-state index contributed by atoms with van der Waals surface area (Å²) in [6.07, 6.45) is -2.93. The van der Waals surface area contributed by atoms with Crippen molar-refractivity contribution in [1.82, 2.24) is 9.55 Å². The van der Waals surface area contributed by atoms with Gasteiger partial charge in [0, 0.05) is 22.6 Å². The molecular formula is C16H22FIN2O9PS+. The van der Waals surface area contributed by atoms with Gasteiger partial charge in [0.1, 0.15) is 18.3 Å². The molecule has 0 radical (unpaired) electrons. The predicted octanol–water partition coefficient (Wildman–Crippen LogP) is 1.01. The molecule has 31 heavy (non-hydrogen) atoms. The Hall–Kier alpha value is -0.740. The molecule has 2 rings (SSSR count). The van der Waals surface area contributed by atoms with Crippen LogP contribution in [0, 0.1) is 0 Å². The summed E-state index contributed by atoms with van der Waals surface area (Å²) in [7, 11) is -2.82. The fourth-order valence-electron chi connectivity index (χ4n) is 2.60. The van der Waals surface area contributed by atoms with Gasteiger partial charge in [-0.05, 0) is 20.8 Å². The van der Waals surface area contributed by atoms with Gasteiger partial charge < -0.3 is 14.9 Å². The average Bonchev–Trinajstić information content (AvgIpc) is 2.83. The Labute approximate surface area is 194 Å². The molecule has 2 heterocycles. The van der Waals surface area contributed by atoms with Crippen LogP contribution in [0.3, 0.4) is 0 Å². The van der Waals surface area contributed by atoms with Crippen molar-refractivity contribution in [3.8, 4) is 0 Å². The van der Waals surface area contributed by atoms with E-state index < -0.39 is 53.3 Å². The Morgan fingerprint density at radius 1 is 1.48 bits per heavy atom. The van der Waals surface area contributed by atoms with Gasteiger partial charge in [-0.1, -0.05) is 34.4 Å². The third-order valence-corrected chi connectivity index (χ3v) is 6.97. The molecule has 5 atom stereocenters. The average molecular weight is 595 g/mol. The van der Waals surface area contributed by atoms with E-state index in [1.54, 1.807) is 13.8 Å². The Kier molecular flexibility index (Phi) is 8.58. The molecule has 1 unspecified atom stereocenters. The number of carbonyl (C=O) groups is 1. The Morgan fingerprint density at radius 3 is 2.71 bits per heavy atom. The molecule has 1 aromatic heterocycles. The van der Waals surface area contributed by atoms with E-state index in [0.29, 0.717) is 4.57 Å². The number of nitrogens with zero attached hydrogens (tertiary/aromatic N) is 1. The number of aromatic amines is 1. The van der Waals surface area contributed by atoms with E-state index in [1.165, 1.54) is 0 Å². The molecule has 0 amide bonds. The fraction of sp³-hybridized carbons (Fsp3) is 0.688. The number of aromatic nitrogens is 2. The van der Waals surface area contributed by atoms with Crippen molar-refractivity contribution >= 4 is 47.7 Å². The van der Waals surface area contributed by atoms with Crippen LogP contribution in [-0.2, 0) is 23.1 Å². The van der Waals surface area contributed by atoms with Gasteiger partial charge in [-0.3, -0.25) is 19.1 Å². The lowest BCUT2D eigenvalue weighted by atomic mass is 9.95. The topological polar surface area (TPSA) is 157 Å². The second-order valence-corrected chi connectivity index (χ2v) is 12.1. The second-order valence-electron chi connectivity index (χ2n) is 7.34. The number of halogens is 2. The molecular weight excluding hydrogens is 573 g/mol. The van der Waals surface area contributed by atoms with Gasteiger partial charge in [0.25, 0.3) is 11.4 Å². The molecule has 1 aliphatic heterocycles. The Bertz CT molecular complexity index is 950. The van der Waals surface area contributed by atoms with Crippen molar-refractivity contribution in [3.05, 3.63) is 33.1 Å². The minimum atomic E-state index is -3.03. The Morgan fingerprint density at radius 2 is 2.13 bits per heavy atom. The van der Waals surface area contributed by atoms with E-state index >= 15 is 4.39 Å². The number of aliphatic hydroxyl groups is 2. The molecule has 174 valence electrons. The van der Waals surface area contributed by atoms with Crippen molar-refractivity contribution < 1.29 is 37.7 Å². The molecule has 0 aromatic carbocycles. The zero-order valence-electron chi connectivity index (χ0n) is 16.7. The monoisotopic (exact) mass is 595 g/mol. The first-order valence-corrected chi connectivity index (χ1v) is 12.0. The molecule has 3 N–H and O–H groups in total. The summed E-state index contributed by atoms with van der Waals surface area (Å²) in [6, 6.07) is 0.953. The quantitative estimate of drug-likeness (QED) is 0.163. The van der Waals surface area contributed by atoms with Crippen LogP contribution in [0.25, 0.3) is 0 Å². The maximum Gasteiger partial charge on any atom is 0.697 e. The van der Waals surface area contributed by atoms with Crippen LogP contribution in [0.4, 0.5) is 4.39 Å². The number of rotatable bonds is 9. The van der Waals surface area contributed by atoms with Crippen LogP contribution in [0.1, 0.15) is 27.0 Å². The maximum absolute atomic E-state index is 15.2. The number of hydrogen-bond acceptors (Lipinski definition) is 10. The predicted molar refractivity (Wildman–Crippen MR) is 117 cm³/mol. The van der Waals surface area contributed by atoms with E-state index in [2.05, 4.69) is 0 Å². The second kappa shape index (κ2) is 10.0. The van der Waals surface area contributed by atoms with Crippen molar-refractivity contribution in [1.29, 1.82) is 0 Å². The van der Waals surface area contributed by atoms with Crippen molar-refractivity contribution in [2.75, 3.05) is 19.0 Å². The van der Waals surface area contributed by atoms with Crippen LogP contribution in [0.5, 0.6) is 0 Å². The minimum absolute atomic E-state index is 0.0937. The molecule has 15 heteroatoms. The van der Waals surface area contributed by atoms with Crippen LogP contribution < -0.4 is 11.2 Å². The lowest BCUT2D eigenvalue weighted by molar-refractivity contribution is -0.203. The van der Waals surface area contributed by atoms with Gasteiger partial charge >= 0.3 is 13.9 Å². The Balaban J connectivity index is 1.95. The highest BCUT2D eigenvalue weighted by Gasteiger charge is 2.64. The van der Waals surface area contributed by atoms with Gasteiger partial charge in [-0.25, -0.2) is 9.18 Å². The molecule has 0 spiro atoms. The number of alkyl halides is 2. The summed E-state index contributed by atoms with van der Waals surface area (Å²) in [5.41, 5.74) is -4.01. The largest absolute Gasteiger partial charge is 0.697 e. The molecule has 0 bridgehead atoms. The number of hydrogen-bond donors (Lipinski definition) is 3. The highest BCUT2D eigenvalue weighted by molar-refractivity contribution is 14.1. The summed E-state index contributed by atoms with van der Waals surface area (Å²) in [6.45, 7) is 3.31. The van der Waals surface area contributed by atoms with E-state index in [4.69, 9.17) is 13.8 Å². The van der Waals surface area contributed by atoms with Crippen LogP contribution in [-0.4, -0.2) is 64.8 Å². The lowest BCUT2D eigenvalue weighted by Gasteiger charge is -2.27. The van der Waals surface area contributed by atoms with Crippen LogP contribution in [0.15, 0.2) is 21.9 Å². The molecule has 1 fully saturated rings. The van der Waals surface area contributed by atoms with Gasteiger partial charge in [0.05, 0.1) is 3.42 Å². The molecule has 0 aliphatic carbocycles. The maximum atomic E-state index is 15.2. The molecule has 1 saturated heterocycles. The highest BCUT2D eigenvalue weighted by Crippen LogP contribution is 2.45. The first kappa shape index (κ1) is 26.5. The third-order valence-electron chi connectivity index (χ3n) is 4.24. The van der Waals surface area contributed by atoms with Crippen molar-refractivity contribution in [2.24, 2.45) is 0 Å². The zero-order valence-corrected chi connectivity index (χ0v) is 20.6. The smallest absolute Gasteiger partial charge is 0.384 e. The third kappa shape index (κ3) is 6.41. The number of thioether (sulfide) groups is 1. The van der Waals surface area contributed by atoms with Crippen LogP contribution in [0.2, 0.25) is 0 Å². The number of carbonyl (C=O) groups excluding carboxylic acids is 1. The minimum Gasteiger partial charge on any atom is -0.384 e. The highest BCUT2D eigenvalue weighted by atomic mass is 127. The van der Waals surface area contributed by atoms with E-state index in [-0.39, 0.29) is 17.5 Å². The normalized spacial score (nSPS) is 29.2. The van der Waals surface area contributed by atoms with Crippen molar-refractivity contribution in [3.63, 3.8) is 0 Å². The molecule has 1 aliphatic rings. The van der Waals surface area contributed by atoms with Gasteiger partial charge in [0.2, 0.25) is 5.12 Å². The van der Waals surface area contributed by atoms with Gasteiger partial charge in [-0.2, -0.15) is 0 Å². The van der Waals surface area contributed by atoms with E-state index in [9.17, 15) is 29.2 Å². The first-order valence-electron chi connectivity index (χ1n) is 8.86. The lowest BCUT2D eigenvalue weighted by Crippen LogP contribution is -2.49. The summed E-state index contributed by atoms with van der Waals surface area (Å²) >= 11 is 2.97. The summed E-state index contributed by atoms with van der Waals surface area (Å²) < 4.78 is 41.8. The fourth-order valence-corrected chi connectivity index (χ4v) is 4.48. The van der Waals surface area contributed by atoms with Crippen molar-refractivity contribution in [2.45, 2.75) is 48.0 Å². The molecule has 1 aromatic rings. The standard InChI is InChI=1S/C16H21FIN2O9PS/c1-14(2,18)12(23)31-7-6-27-30(26)28-8-16(17)10(22)15(3,25)11(29-16)20-5-4-9(21)19-13(20)24/h4-5,10-11,22,25H,6-8H2,1-3H3/p+1/t10-,11+,15+,16+/m0/s1. The van der Waals surface area contributed by atoms with Gasteiger partial charge in [-0.15, -0.1) is 9.05 Å². The van der Waals surface area contributed by atoms with Crippen LogP contribution >= 0.6 is 42.6 Å². The number of ether oxygens (including phenoxy) is 1. The van der Waals surface area contributed by atoms with E-state index in [0.717, 1.165) is 30.9 Å². The number of nitrogens with one attached hydrogen (secondary N) is 1.